The van der Waals surface area contributed by atoms with Gasteiger partial charge in [0.15, 0.2) is 5.69 Å². The Balaban J connectivity index is 1.47. The fourth-order valence-corrected chi connectivity index (χ4v) is 5.48. The number of carbonyl (C=O) groups excluding carboxylic acids is 1. The molecule has 4 rings (SSSR count). The number of alkyl halides is 3. The Morgan fingerprint density at radius 3 is 2.47 bits per heavy atom. The number of benzene rings is 1. The molecule has 0 atom stereocenters. The van der Waals surface area contributed by atoms with Gasteiger partial charge in [0, 0.05) is 26.2 Å². The van der Waals surface area contributed by atoms with E-state index in [-0.39, 0.29) is 37.8 Å². The van der Waals surface area contributed by atoms with Crippen LogP contribution in [-0.2, 0) is 16.2 Å². The molecule has 1 aromatic carbocycles. The van der Waals surface area contributed by atoms with Crippen molar-refractivity contribution in [3.8, 4) is 10.8 Å². The number of piperazine rings is 1. The van der Waals surface area contributed by atoms with Crippen LogP contribution < -0.4 is 0 Å². The molecular weight excluding hydrogens is 467 g/mol. The molecule has 0 N–H and O–H groups in total. The van der Waals surface area contributed by atoms with E-state index in [1.807, 2.05) is 17.5 Å². The summed E-state index contributed by atoms with van der Waals surface area (Å²) in [4.78, 5) is 19.0. The van der Waals surface area contributed by atoms with Crippen LogP contribution in [0.5, 0.6) is 0 Å². The highest BCUT2D eigenvalue weighted by molar-refractivity contribution is 7.89. The summed E-state index contributed by atoms with van der Waals surface area (Å²) < 4.78 is 71.2. The Kier molecular flexibility index (Phi) is 5.86. The molecule has 1 saturated heterocycles. The number of amides is 1. The monoisotopic (exact) mass is 485 g/mol. The van der Waals surface area contributed by atoms with Gasteiger partial charge in [0.2, 0.25) is 15.9 Å². The van der Waals surface area contributed by atoms with Crippen molar-refractivity contribution in [3.05, 3.63) is 58.8 Å². The van der Waals surface area contributed by atoms with E-state index < -0.39 is 26.7 Å². The highest BCUT2D eigenvalue weighted by Gasteiger charge is 2.35. The number of aromatic nitrogens is 1. The largest absolute Gasteiger partial charge is 0.440 e. The van der Waals surface area contributed by atoms with Gasteiger partial charge in [-0.3, -0.25) is 4.79 Å². The standard InChI is InChI=1S/C20H18F3N3O4S2/c1-13-17(24-18(30-13)16-6-3-11-31-16)19(27)25-7-9-26(10-8-25)32(28,29)15-5-2-4-14(12-15)20(21,22)23/h2-6,11-12H,7-10H2,1H3. The number of oxazole rings is 1. The molecule has 32 heavy (non-hydrogen) atoms. The Morgan fingerprint density at radius 2 is 1.84 bits per heavy atom. The SMILES string of the molecule is Cc1oc(-c2cccs2)nc1C(=O)N1CCN(S(=O)(=O)c2cccc(C(F)(F)F)c2)CC1. The van der Waals surface area contributed by atoms with Gasteiger partial charge in [-0.2, -0.15) is 17.5 Å². The van der Waals surface area contributed by atoms with Gasteiger partial charge in [-0.15, -0.1) is 11.3 Å². The van der Waals surface area contributed by atoms with Crippen molar-refractivity contribution in [2.45, 2.75) is 18.0 Å². The molecule has 1 fully saturated rings. The molecular formula is C20H18F3N3O4S2. The van der Waals surface area contributed by atoms with Gasteiger partial charge in [-0.1, -0.05) is 12.1 Å². The Hall–Kier alpha value is -2.70. The first kappa shape index (κ1) is 22.5. The van der Waals surface area contributed by atoms with E-state index in [1.54, 1.807) is 6.92 Å². The fraction of sp³-hybridized carbons (Fsp3) is 0.300. The second kappa shape index (κ2) is 8.34. The van der Waals surface area contributed by atoms with Crippen molar-refractivity contribution in [2.24, 2.45) is 0 Å². The summed E-state index contributed by atoms with van der Waals surface area (Å²) in [6, 6.07) is 7.30. The maximum absolute atomic E-state index is 13.0. The lowest BCUT2D eigenvalue weighted by atomic mass is 10.2. The number of carbonyl (C=O) groups is 1. The summed E-state index contributed by atoms with van der Waals surface area (Å²) >= 11 is 1.42. The van der Waals surface area contributed by atoms with Crippen LogP contribution >= 0.6 is 11.3 Å². The summed E-state index contributed by atoms with van der Waals surface area (Å²) in [5.74, 6) is 0.314. The molecule has 1 aliphatic heterocycles. The number of rotatable bonds is 4. The molecule has 3 heterocycles. The lowest BCUT2D eigenvalue weighted by molar-refractivity contribution is -0.137. The second-order valence-electron chi connectivity index (χ2n) is 7.12. The predicted molar refractivity (Wildman–Crippen MR) is 111 cm³/mol. The van der Waals surface area contributed by atoms with Crippen LogP contribution in [0, 0.1) is 6.92 Å². The molecule has 0 unspecified atom stereocenters. The normalized spacial score (nSPS) is 15.8. The highest BCUT2D eigenvalue weighted by Crippen LogP contribution is 2.31. The number of hydrogen-bond donors (Lipinski definition) is 0. The Morgan fingerprint density at radius 1 is 1.12 bits per heavy atom. The van der Waals surface area contributed by atoms with E-state index in [0.717, 1.165) is 27.4 Å². The molecule has 170 valence electrons. The first-order valence-electron chi connectivity index (χ1n) is 9.55. The predicted octanol–water partition coefficient (Wildman–Crippen LogP) is 3.88. The Bertz CT molecular complexity index is 1230. The molecule has 0 spiro atoms. The minimum absolute atomic E-state index is 0.0427. The third-order valence-corrected chi connectivity index (χ3v) is 7.81. The zero-order valence-corrected chi connectivity index (χ0v) is 18.4. The Labute approximate surface area is 186 Å². The van der Waals surface area contributed by atoms with Gasteiger partial charge in [-0.05, 0) is 36.6 Å². The van der Waals surface area contributed by atoms with E-state index in [0.29, 0.717) is 17.7 Å². The third-order valence-electron chi connectivity index (χ3n) is 5.06. The van der Waals surface area contributed by atoms with Crippen LogP contribution in [0.1, 0.15) is 21.8 Å². The lowest BCUT2D eigenvalue weighted by Gasteiger charge is -2.33. The van der Waals surface area contributed by atoms with E-state index >= 15 is 0 Å². The molecule has 0 saturated carbocycles. The molecule has 1 amide bonds. The summed E-state index contributed by atoms with van der Waals surface area (Å²) in [6.07, 6.45) is -4.64. The average Bonchev–Trinajstić information content (AvgIpc) is 3.42. The van der Waals surface area contributed by atoms with Crippen molar-refractivity contribution in [1.29, 1.82) is 0 Å². The minimum Gasteiger partial charge on any atom is -0.440 e. The molecule has 12 heteroatoms. The highest BCUT2D eigenvalue weighted by atomic mass is 32.2. The topological polar surface area (TPSA) is 83.7 Å². The molecule has 0 aliphatic carbocycles. The summed E-state index contributed by atoms with van der Waals surface area (Å²) in [5.41, 5.74) is -0.877. The second-order valence-corrected chi connectivity index (χ2v) is 10.0. The van der Waals surface area contributed by atoms with Gasteiger partial charge in [0.05, 0.1) is 15.3 Å². The van der Waals surface area contributed by atoms with Crippen molar-refractivity contribution in [3.63, 3.8) is 0 Å². The van der Waals surface area contributed by atoms with Crippen LogP contribution in [0.15, 0.2) is 51.1 Å². The summed E-state index contributed by atoms with van der Waals surface area (Å²) in [6.45, 7) is 1.71. The van der Waals surface area contributed by atoms with Gasteiger partial charge in [0.25, 0.3) is 5.91 Å². The van der Waals surface area contributed by atoms with Gasteiger partial charge < -0.3 is 9.32 Å². The third kappa shape index (κ3) is 4.30. The smallest absolute Gasteiger partial charge is 0.416 e. The lowest BCUT2D eigenvalue weighted by Crippen LogP contribution is -2.50. The van der Waals surface area contributed by atoms with Gasteiger partial charge >= 0.3 is 6.18 Å². The first-order chi connectivity index (χ1) is 15.1. The molecule has 3 aromatic rings. The first-order valence-corrected chi connectivity index (χ1v) is 11.9. The summed E-state index contributed by atoms with van der Waals surface area (Å²) in [7, 11) is -4.13. The number of halogens is 3. The van der Waals surface area contributed by atoms with Crippen LogP contribution in [0.3, 0.4) is 0 Å². The van der Waals surface area contributed by atoms with E-state index in [9.17, 15) is 26.4 Å². The molecule has 0 bridgehead atoms. The van der Waals surface area contributed by atoms with E-state index in [2.05, 4.69) is 4.98 Å². The number of aryl methyl sites for hydroxylation is 1. The number of hydrogen-bond acceptors (Lipinski definition) is 6. The van der Waals surface area contributed by atoms with Crippen molar-refractivity contribution in [2.75, 3.05) is 26.2 Å². The number of sulfonamides is 1. The molecule has 0 radical (unpaired) electrons. The van der Waals surface area contributed by atoms with Gasteiger partial charge in [-0.25, -0.2) is 13.4 Å². The van der Waals surface area contributed by atoms with Crippen LogP contribution in [0.2, 0.25) is 0 Å². The van der Waals surface area contributed by atoms with Crippen LogP contribution in [0.25, 0.3) is 10.8 Å². The van der Waals surface area contributed by atoms with E-state index in [1.165, 1.54) is 16.2 Å². The number of nitrogens with zero attached hydrogens (tertiary/aromatic N) is 3. The molecule has 7 nitrogen and oxygen atoms in total. The number of thiophene rings is 1. The van der Waals surface area contributed by atoms with E-state index in [4.69, 9.17) is 4.42 Å². The van der Waals surface area contributed by atoms with Crippen LogP contribution in [-0.4, -0.2) is 54.7 Å². The molecule has 1 aliphatic rings. The summed E-state index contributed by atoms with van der Waals surface area (Å²) in [5, 5.41) is 1.86. The maximum Gasteiger partial charge on any atom is 0.416 e. The van der Waals surface area contributed by atoms with Crippen molar-refractivity contribution >= 4 is 27.3 Å². The average molecular weight is 486 g/mol. The fourth-order valence-electron chi connectivity index (χ4n) is 3.36. The van der Waals surface area contributed by atoms with Crippen LogP contribution in [0.4, 0.5) is 13.2 Å². The van der Waals surface area contributed by atoms with Gasteiger partial charge in [0.1, 0.15) is 5.76 Å². The maximum atomic E-state index is 13.0. The zero-order chi connectivity index (χ0) is 23.1. The van der Waals surface area contributed by atoms with Crippen molar-refractivity contribution < 1.29 is 30.8 Å². The zero-order valence-electron chi connectivity index (χ0n) is 16.8. The minimum atomic E-state index is -4.64. The van der Waals surface area contributed by atoms with Crippen molar-refractivity contribution in [1.82, 2.24) is 14.2 Å². The quantitative estimate of drug-likeness (QED) is 0.560. The molecule has 2 aromatic heterocycles.